The molecule has 1 N–H and O–H groups in total. The SMILES string of the molecule is CC(C)[Si](C#Cc1cc(=O)n(C)[nH]1)(C(C)C)C(C)C. The Labute approximate surface area is 117 Å². The molecule has 0 bridgehead atoms. The summed E-state index contributed by atoms with van der Waals surface area (Å²) in [6, 6.07) is 1.58. The van der Waals surface area contributed by atoms with Crippen LogP contribution in [0.5, 0.6) is 0 Å². The standard InChI is InChI=1S/C15H26N2OSi/c1-11(2)19(12(3)4,13(5)6)9-8-14-10-15(18)17(7)16-14/h10-13,16H,1-7H3. The highest BCUT2D eigenvalue weighted by Crippen LogP contribution is 2.40. The van der Waals surface area contributed by atoms with Gasteiger partial charge in [-0.2, -0.15) is 0 Å². The lowest BCUT2D eigenvalue weighted by molar-refractivity contribution is 0.736. The summed E-state index contributed by atoms with van der Waals surface area (Å²) in [7, 11) is 0.00291. The van der Waals surface area contributed by atoms with E-state index in [-0.39, 0.29) is 5.56 Å². The zero-order valence-electron chi connectivity index (χ0n) is 13.2. The number of aromatic nitrogens is 2. The zero-order valence-corrected chi connectivity index (χ0v) is 14.2. The Balaban J connectivity index is 3.26. The summed E-state index contributed by atoms with van der Waals surface area (Å²) in [5.41, 5.74) is 6.11. The topological polar surface area (TPSA) is 37.8 Å². The van der Waals surface area contributed by atoms with Crippen LogP contribution >= 0.6 is 0 Å². The molecule has 3 nitrogen and oxygen atoms in total. The maximum Gasteiger partial charge on any atom is 0.267 e. The maximum atomic E-state index is 11.4. The summed E-state index contributed by atoms with van der Waals surface area (Å²) in [5, 5.41) is 2.99. The van der Waals surface area contributed by atoms with Gasteiger partial charge in [-0.3, -0.25) is 14.6 Å². The molecular weight excluding hydrogens is 252 g/mol. The first-order chi connectivity index (χ1) is 8.71. The van der Waals surface area contributed by atoms with E-state index >= 15 is 0 Å². The number of hydrogen-bond donors (Lipinski definition) is 1. The Morgan fingerprint density at radius 2 is 1.58 bits per heavy atom. The third-order valence-corrected chi connectivity index (χ3v) is 10.5. The summed E-state index contributed by atoms with van der Waals surface area (Å²) in [6.45, 7) is 13.7. The molecule has 1 aromatic rings. The van der Waals surface area contributed by atoms with Crippen molar-refractivity contribution in [3.8, 4) is 11.5 Å². The molecule has 1 heterocycles. The van der Waals surface area contributed by atoms with Crippen LogP contribution in [0.25, 0.3) is 0 Å². The molecule has 106 valence electrons. The van der Waals surface area contributed by atoms with Crippen LogP contribution in [0.1, 0.15) is 47.2 Å². The van der Waals surface area contributed by atoms with Crippen LogP contribution in [-0.2, 0) is 7.05 Å². The van der Waals surface area contributed by atoms with Crippen LogP contribution < -0.4 is 5.56 Å². The van der Waals surface area contributed by atoms with Gasteiger partial charge in [0, 0.05) is 13.1 Å². The van der Waals surface area contributed by atoms with E-state index < -0.39 is 8.07 Å². The largest absolute Gasteiger partial charge is 0.287 e. The van der Waals surface area contributed by atoms with E-state index in [1.165, 1.54) is 4.68 Å². The minimum Gasteiger partial charge on any atom is -0.287 e. The van der Waals surface area contributed by atoms with Crippen LogP contribution in [0.4, 0.5) is 0 Å². The van der Waals surface area contributed by atoms with E-state index in [0.717, 1.165) is 5.69 Å². The summed E-state index contributed by atoms with van der Waals surface area (Å²) in [5.74, 6) is 3.23. The molecule has 0 aromatic carbocycles. The van der Waals surface area contributed by atoms with Crippen molar-refractivity contribution in [2.24, 2.45) is 7.05 Å². The second-order valence-corrected chi connectivity index (χ2v) is 11.8. The van der Waals surface area contributed by atoms with Gasteiger partial charge in [-0.15, -0.1) is 5.54 Å². The average Bonchev–Trinajstić information content (AvgIpc) is 2.57. The quantitative estimate of drug-likeness (QED) is 0.668. The summed E-state index contributed by atoms with van der Waals surface area (Å²) < 4.78 is 1.47. The number of nitrogens with zero attached hydrogens (tertiary/aromatic N) is 1. The molecule has 0 fully saturated rings. The number of hydrogen-bond acceptors (Lipinski definition) is 1. The van der Waals surface area contributed by atoms with E-state index in [4.69, 9.17) is 0 Å². The summed E-state index contributed by atoms with van der Waals surface area (Å²) >= 11 is 0. The molecule has 1 aromatic heterocycles. The number of H-pyrrole nitrogens is 1. The first-order valence-corrected chi connectivity index (χ1v) is 9.24. The first kappa shape index (κ1) is 15.8. The second kappa shape index (κ2) is 5.83. The van der Waals surface area contributed by atoms with Crippen molar-refractivity contribution in [2.75, 3.05) is 0 Å². The van der Waals surface area contributed by atoms with Crippen LogP contribution in [0.15, 0.2) is 10.9 Å². The normalized spacial score (nSPS) is 12.1. The molecule has 0 unspecified atom stereocenters. The Bertz CT molecular complexity index is 519. The Hall–Kier alpha value is -1.21. The molecule has 4 heteroatoms. The molecule has 0 amide bonds. The van der Waals surface area contributed by atoms with Gasteiger partial charge in [-0.25, -0.2) is 0 Å². The van der Waals surface area contributed by atoms with Gasteiger partial charge >= 0.3 is 0 Å². The van der Waals surface area contributed by atoms with Crippen molar-refractivity contribution in [1.29, 1.82) is 0 Å². The molecule has 0 saturated carbocycles. The van der Waals surface area contributed by atoms with Crippen molar-refractivity contribution >= 4 is 8.07 Å². The number of nitrogens with one attached hydrogen (secondary N) is 1. The van der Waals surface area contributed by atoms with Crippen molar-refractivity contribution in [3.05, 3.63) is 22.1 Å². The van der Waals surface area contributed by atoms with Crippen LogP contribution in [-0.4, -0.2) is 17.9 Å². The van der Waals surface area contributed by atoms with Gasteiger partial charge in [0.15, 0.2) is 0 Å². The monoisotopic (exact) mass is 278 g/mol. The maximum absolute atomic E-state index is 11.4. The van der Waals surface area contributed by atoms with E-state index in [1.54, 1.807) is 13.1 Å². The highest BCUT2D eigenvalue weighted by molar-refractivity contribution is 6.90. The molecule has 0 atom stereocenters. The summed E-state index contributed by atoms with van der Waals surface area (Å²) in [6.07, 6.45) is 0. The highest BCUT2D eigenvalue weighted by atomic mass is 28.3. The fraction of sp³-hybridized carbons (Fsp3) is 0.667. The van der Waals surface area contributed by atoms with Gasteiger partial charge in [0.25, 0.3) is 5.56 Å². The van der Waals surface area contributed by atoms with Crippen molar-refractivity contribution in [1.82, 2.24) is 9.78 Å². The van der Waals surface area contributed by atoms with Crippen molar-refractivity contribution < 1.29 is 0 Å². The van der Waals surface area contributed by atoms with Gasteiger partial charge in [0.2, 0.25) is 0 Å². The predicted molar refractivity (Wildman–Crippen MR) is 84.0 cm³/mol. The average molecular weight is 278 g/mol. The molecule has 0 aliphatic rings. The van der Waals surface area contributed by atoms with E-state index in [1.807, 2.05) is 0 Å². The number of aryl methyl sites for hydroxylation is 1. The smallest absolute Gasteiger partial charge is 0.267 e. The van der Waals surface area contributed by atoms with Gasteiger partial charge in [-0.1, -0.05) is 47.5 Å². The predicted octanol–water partition coefficient (Wildman–Crippen LogP) is 3.28. The van der Waals surface area contributed by atoms with Gasteiger partial charge in [0.05, 0.1) is 0 Å². The molecule has 1 rings (SSSR count). The molecule has 0 radical (unpaired) electrons. The van der Waals surface area contributed by atoms with Gasteiger partial charge in [-0.05, 0) is 16.6 Å². The third kappa shape index (κ3) is 3.03. The Morgan fingerprint density at radius 1 is 1.11 bits per heavy atom. The van der Waals surface area contributed by atoms with E-state index in [2.05, 4.69) is 58.1 Å². The molecule has 19 heavy (non-hydrogen) atoms. The molecule has 0 saturated heterocycles. The van der Waals surface area contributed by atoms with E-state index in [0.29, 0.717) is 16.6 Å². The molecule has 0 aliphatic heterocycles. The second-order valence-electron chi connectivity index (χ2n) is 6.21. The van der Waals surface area contributed by atoms with Gasteiger partial charge in [0.1, 0.15) is 13.8 Å². The fourth-order valence-electron chi connectivity index (χ4n) is 3.16. The Kier molecular flexibility index (Phi) is 4.86. The zero-order chi connectivity index (χ0) is 14.8. The number of aromatic amines is 1. The Morgan fingerprint density at radius 3 is 1.89 bits per heavy atom. The van der Waals surface area contributed by atoms with Crippen LogP contribution in [0.2, 0.25) is 16.6 Å². The molecule has 0 aliphatic carbocycles. The lowest BCUT2D eigenvalue weighted by atomic mass is 10.5. The lowest BCUT2D eigenvalue weighted by Crippen LogP contribution is -2.43. The third-order valence-electron chi connectivity index (χ3n) is 4.17. The van der Waals surface area contributed by atoms with Crippen LogP contribution in [0, 0.1) is 11.5 Å². The highest BCUT2D eigenvalue weighted by Gasteiger charge is 2.41. The van der Waals surface area contributed by atoms with Crippen LogP contribution in [0.3, 0.4) is 0 Å². The lowest BCUT2D eigenvalue weighted by Gasteiger charge is -2.38. The van der Waals surface area contributed by atoms with Gasteiger partial charge < -0.3 is 0 Å². The van der Waals surface area contributed by atoms with E-state index in [9.17, 15) is 4.79 Å². The minimum absolute atomic E-state index is 0.0322. The molecular formula is C15H26N2OSi. The van der Waals surface area contributed by atoms with Crippen molar-refractivity contribution in [2.45, 2.75) is 58.2 Å². The number of rotatable bonds is 3. The molecule has 0 spiro atoms. The minimum atomic E-state index is -1.71. The fourth-order valence-corrected chi connectivity index (χ4v) is 8.38. The van der Waals surface area contributed by atoms with Crippen molar-refractivity contribution in [3.63, 3.8) is 0 Å². The first-order valence-electron chi connectivity index (χ1n) is 7.01. The summed E-state index contributed by atoms with van der Waals surface area (Å²) in [4.78, 5) is 11.4.